The molecule has 2 atom stereocenters. The van der Waals surface area contributed by atoms with E-state index < -0.39 is 6.23 Å². The van der Waals surface area contributed by atoms with Crippen molar-refractivity contribution in [2.75, 3.05) is 6.54 Å². The van der Waals surface area contributed by atoms with Gasteiger partial charge in [0.1, 0.15) is 6.10 Å². The van der Waals surface area contributed by atoms with E-state index in [0.29, 0.717) is 6.54 Å². The van der Waals surface area contributed by atoms with E-state index in [4.69, 9.17) is 17.0 Å². The molecule has 10 heavy (non-hydrogen) atoms. The predicted molar refractivity (Wildman–Crippen MR) is 41.0 cm³/mol. The summed E-state index contributed by atoms with van der Waals surface area (Å²) in [6.45, 7) is 2.47. The second-order valence-electron chi connectivity index (χ2n) is 2.20. The molecule has 0 radical (unpaired) electrons. The van der Waals surface area contributed by atoms with Crippen LogP contribution in [0.25, 0.3) is 0 Å². The maximum atomic E-state index is 10.1. The first-order valence-corrected chi connectivity index (χ1v) is 3.49. The summed E-state index contributed by atoms with van der Waals surface area (Å²) in [5.74, 6) is 0. The fourth-order valence-corrected chi connectivity index (χ4v) is 0.955. The van der Waals surface area contributed by atoms with Crippen LogP contribution in [0.15, 0.2) is 0 Å². The topological polar surface area (TPSA) is 38.3 Å². The maximum Gasteiger partial charge on any atom is 0.165 e. The molecule has 0 amide bonds. The van der Waals surface area contributed by atoms with Crippen molar-refractivity contribution in [2.45, 2.75) is 19.3 Å². The SMILES string of the molecule is CC(=S)C1CNC(C=O)O1. The number of carbonyl (C=O) groups excluding carboxylic acids is 1. The van der Waals surface area contributed by atoms with Crippen molar-refractivity contribution in [2.24, 2.45) is 0 Å². The van der Waals surface area contributed by atoms with Gasteiger partial charge >= 0.3 is 0 Å². The van der Waals surface area contributed by atoms with E-state index in [1.54, 1.807) is 0 Å². The standard InChI is InChI=1S/C6H9NO2S/c1-4(10)5-2-7-6(3-8)9-5/h3,5-7H,2H2,1H3. The lowest BCUT2D eigenvalue weighted by Gasteiger charge is -2.05. The summed E-state index contributed by atoms with van der Waals surface area (Å²) in [7, 11) is 0. The predicted octanol–water partition coefficient (Wildman–Crippen LogP) is -0.110. The first kappa shape index (κ1) is 7.78. The Hall–Kier alpha value is -0.320. The Morgan fingerprint density at radius 1 is 1.90 bits per heavy atom. The van der Waals surface area contributed by atoms with E-state index in [9.17, 15) is 4.79 Å². The first-order valence-electron chi connectivity index (χ1n) is 3.08. The molecular formula is C6H9NO2S. The molecule has 4 heteroatoms. The van der Waals surface area contributed by atoms with Crippen molar-refractivity contribution in [3.63, 3.8) is 0 Å². The highest BCUT2D eigenvalue weighted by Crippen LogP contribution is 2.04. The van der Waals surface area contributed by atoms with Gasteiger partial charge in [-0.25, -0.2) is 0 Å². The van der Waals surface area contributed by atoms with Crippen LogP contribution < -0.4 is 5.32 Å². The zero-order valence-corrected chi connectivity index (χ0v) is 6.48. The summed E-state index contributed by atoms with van der Waals surface area (Å²) >= 11 is 4.88. The molecule has 1 aliphatic rings. The van der Waals surface area contributed by atoms with Gasteiger partial charge in [0.15, 0.2) is 12.5 Å². The Morgan fingerprint density at radius 2 is 2.60 bits per heavy atom. The van der Waals surface area contributed by atoms with Crippen LogP contribution in [0.3, 0.4) is 0 Å². The van der Waals surface area contributed by atoms with Crippen LogP contribution in [-0.4, -0.2) is 30.0 Å². The van der Waals surface area contributed by atoms with Gasteiger partial charge in [0.25, 0.3) is 0 Å². The summed E-state index contributed by atoms with van der Waals surface area (Å²) in [4.78, 5) is 10.9. The molecule has 2 unspecified atom stereocenters. The largest absolute Gasteiger partial charge is 0.346 e. The average Bonchev–Trinajstić information content (AvgIpc) is 2.34. The molecule has 0 saturated carbocycles. The summed E-state index contributed by atoms with van der Waals surface area (Å²) < 4.78 is 5.15. The molecule has 1 heterocycles. The molecule has 56 valence electrons. The van der Waals surface area contributed by atoms with Gasteiger partial charge in [0, 0.05) is 11.4 Å². The summed E-state index contributed by atoms with van der Waals surface area (Å²) in [6.07, 6.45) is 0.214. The van der Waals surface area contributed by atoms with E-state index >= 15 is 0 Å². The third kappa shape index (κ3) is 1.59. The summed E-state index contributed by atoms with van der Waals surface area (Å²) in [5, 5.41) is 2.86. The fourth-order valence-electron chi connectivity index (χ4n) is 0.816. The highest BCUT2D eigenvalue weighted by Gasteiger charge is 2.24. The van der Waals surface area contributed by atoms with Crippen molar-refractivity contribution in [1.29, 1.82) is 0 Å². The zero-order valence-electron chi connectivity index (χ0n) is 5.66. The van der Waals surface area contributed by atoms with E-state index in [1.165, 1.54) is 0 Å². The number of ether oxygens (including phenoxy) is 1. The molecule has 0 bridgehead atoms. The number of rotatable bonds is 2. The number of aldehydes is 1. The quantitative estimate of drug-likeness (QED) is 0.450. The number of thiocarbonyl (C=S) groups is 1. The minimum atomic E-state index is -0.456. The Bertz CT molecular complexity index is 160. The Kier molecular flexibility index (Phi) is 2.48. The van der Waals surface area contributed by atoms with Gasteiger partial charge in [-0.1, -0.05) is 12.2 Å². The van der Waals surface area contributed by atoms with Crippen molar-refractivity contribution in [3.05, 3.63) is 0 Å². The van der Waals surface area contributed by atoms with Gasteiger partial charge in [-0.15, -0.1) is 0 Å². The van der Waals surface area contributed by atoms with Gasteiger partial charge in [-0.2, -0.15) is 0 Å². The zero-order chi connectivity index (χ0) is 7.56. The third-order valence-corrected chi connectivity index (χ3v) is 1.66. The molecule has 3 nitrogen and oxygen atoms in total. The van der Waals surface area contributed by atoms with Gasteiger partial charge in [-0.3, -0.25) is 10.1 Å². The van der Waals surface area contributed by atoms with Crippen molar-refractivity contribution in [1.82, 2.24) is 5.32 Å². The second-order valence-corrected chi connectivity index (χ2v) is 2.84. The van der Waals surface area contributed by atoms with Crippen molar-refractivity contribution < 1.29 is 9.53 Å². The van der Waals surface area contributed by atoms with Crippen LogP contribution >= 0.6 is 12.2 Å². The Morgan fingerprint density at radius 3 is 2.90 bits per heavy atom. The molecule has 1 aliphatic heterocycles. The first-order chi connectivity index (χ1) is 4.74. The van der Waals surface area contributed by atoms with E-state index in [0.717, 1.165) is 11.2 Å². The van der Waals surface area contributed by atoms with Gasteiger partial charge in [0.2, 0.25) is 0 Å². The lowest BCUT2D eigenvalue weighted by atomic mass is 10.3. The van der Waals surface area contributed by atoms with Crippen LogP contribution in [0.2, 0.25) is 0 Å². The highest BCUT2D eigenvalue weighted by molar-refractivity contribution is 7.80. The number of hydrogen-bond donors (Lipinski definition) is 1. The normalized spacial score (nSPS) is 32.1. The minimum absolute atomic E-state index is 0.0646. The summed E-state index contributed by atoms with van der Waals surface area (Å²) in [6, 6.07) is 0. The Balaban J connectivity index is 2.42. The maximum absolute atomic E-state index is 10.1. The van der Waals surface area contributed by atoms with Crippen LogP contribution in [0, 0.1) is 0 Å². The smallest absolute Gasteiger partial charge is 0.165 e. The number of carbonyl (C=O) groups is 1. The fraction of sp³-hybridized carbons (Fsp3) is 0.667. The molecule has 1 N–H and O–H groups in total. The van der Waals surface area contributed by atoms with Crippen LogP contribution in [0.4, 0.5) is 0 Å². The molecule has 0 spiro atoms. The number of nitrogens with one attached hydrogen (secondary N) is 1. The highest BCUT2D eigenvalue weighted by atomic mass is 32.1. The molecule has 0 aliphatic carbocycles. The van der Waals surface area contributed by atoms with E-state index in [-0.39, 0.29) is 6.10 Å². The van der Waals surface area contributed by atoms with Crippen molar-refractivity contribution >= 4 is 23.4 Å². The van der Waals surface area contributed by atoms with Gasteiger partial charge in [0.05, 0.1) is 0 Å². The van der Waals surface area contributed by atoms with Crippen molar-refractivity contribution in [3.8, 4) is 0 Å². The van der Waals surface area contributed by atoms with Gasteiger partial charge in [-0.05, 0) is 6.92 Å². The van der Waals surface area contributed by atoms with Crippen LogP contribution in [-0.2, 0) is 9.53 Å². The molecule has 0 aromatic heterocycles. The minimum Gasteiger partial charge on any atom is -0.346 e. The van der Waals surface area contributed by atoms with E-state index in [2.05, 4.69) is 5.32 Å². The average molecular weight is 159 g/mol. The molecule has 1 saturated heterocycles. The molecule has 1 fully saturated rings. The lowest BCUT2D eigenvalue weighted by molar-refractivity contribution is -0.117. The molecule has 1 rings (SSSR count). The molecule has 0 aromatic carbocycles. The summed E-state index contributed by atoms with van der Waals surface area (Å²) in [5.41, 5.74) is 0. The second kappa shape index (κ2) is 3.18. The Labute approximate surface area is 64.7 Å². The molecule has 0 aromatic rings. The van der Waals surface area contributed by atoms with Crippen LogP contribution in [0.1, 0.15) is 6.92 Å². The van der Waals surface area contributed by atoms with Gasteiger partial charge < -0.3 is 4.74 Å². The molecular weight excluding hydrogens is 150 g/mol. The van der Waals surface area contributed by atoms with E-state index in [1.807, 2.05) is 6.92 Å². The third-order valence-electron chi connectivity index (χ3n) is 1.39. The number of hydrogen-bond acceptors (Lipinski definition) is 4. The van der Waals surface area contributed by atoms with Crippen LogP contribution in [0.5, 0.6) is 0 Å². The lowest BCUT2D eigenvalue weighted by Crippen LogP contribution is -2.23. The monoisotopic (exact) mass is 159 g/mol.